The van der Waals surface area contributed by atoms with Crippen molar-refractivity contribution in [3.8, 4) is 17.1 Å². The van der Waals surface area contributed by atoms with Crippen LogP contribution in [-0.4, -0.2) is 12.9 Å². The van der Waals surface area contributed by atoms with Gasteiger partial charge in [0.15, 0.2) is 0 Å². The van der Waals surface area contributed by atoms with Gasteiger partial charge in [0.2, 0.25) is 11.2 Å². The molecule has 3 aromatic carbocycles. The second-order valence-corrected chi connectivity index (χ2v) is 6.06. The van der Waals surface area contributed by atoms with Crippen LogP contribution >= 0.6 is 0 Å². The van der Waals surface area contributed by atoms with Gasteiger partial charge in [0, 0.05) is 11.1 Å². The molecule has 0 unspecified atom stereocenters. The Morgan fingerprint density at radius 2 is 1.52 bits per heavy atom. The van der Waals surface area contributed by atoms with Gasteiger partial charge in [0.1, 0.15) is 22.7 Å². The van der Waals surface area contributed by atoms with Gasteiger partial charge in [0.25, 0.3) is 0 Å². The SMILES string of the molecule is COc1ccc(-c2oc3ccccc3c(=O)c2C(=O)c2ccccc2)cc1. The first kappa shape index (κ1) is 16.8. The minimum Gasteiger partial charge on any atom is -0.497 e. The van der Waals surface area contributed by atoms with Crippen LogP contribution in [-0.2, 0) is 0 Å². The number of carbonyl (C=O) groups is 1. The van der Waals surface area contributed by atoms with Gasteiger partial charge in [-0.1, -0.05) is 42.5 Å². The maximum absolute atomic E-state index is 13.2. The number of benzene rings is 3. The topological polar surface area (TPSA) is 56.5 Å². The third-order valence-electron chi connectivity index (χ3n) is 4.41. The fraction of sp³-hybridized carbons (Fsp3) is 0.0435. The first-order valence-electron chi connectivity index (χ1n) is 8.49. The summed E-state index contributed by atoms with van der Waals surface area (Å²) in [6.45, 7) is 0. The highest BCUT2D eigenvalue weighted by molar-refractivity contribution is 6.13. The molecule has 0 amide bonds. The number of carbonyl (C=O) groups excluding carboxylic acids is 1. The Morgan fingerprint density at radius 1 is 0.852 bits per heavy atom. The lowest BCUT2D eigenvalue weighted by atomic mass is 9.97. The summed E-state index contributed by atoms with van der Waals surface area (Å²) < 4.78 is 11.2. The molecule has 0 saturated carbocycles. The molecule has 0 aliphatic rings. The Labute approximate surface area is 155 Å². The van der Waals surface area contributed by atoms with Crippen LogP contribution in [0.25, 0.3) is 22.3 Å². The standard InChI is InChI=1S/C23H16O4/c1-26-17-13-11-16(12-14-17)23-20(21(24)15-7-3-2-4-8-15)22(25)18-9-5-6-10-19(18)27-23/h2-14H,1H3. The molecule has 0 radical (unpaired) electrons. The van der Waals surface area contributed by atoms with E-state index in [1.54, 1.807) is 79.9 Å². The fourth-order valence-electron chi connectivity index (χ4n) is 3.03. The van der Waals surface area contributed by atoms with Crippen molar-refractivity contribution in [2.75, 3.05) is 7.11 Å². The van der Waals surface area contributed by atoms with E-state index in [1.807, 2.05) is 6.07 Å². The van der Waals surface area contributed by atoms with Crippen LogP contribution in [0.1, 0.15) is 15.9 Å². The van der Waals surface area contributed by atoms with E-state index in [-0.39, 0.29) is 22.5 Å². The molecule has 27 heavy (non-hydrogen) atoms. The highest BCUT2D eigenvalue weighted by Crippen LogP contribution is 2.29. The van der Waals surface area contributed by atoms with Crippen LogP contribution in [0.4, 0.5) is 0 Å². The molecule has 4 nitrogen and oxygen atoms in total. The van der Waals surface area contributed by atoms with Gasteiger partial charge < -0.3 is 9.15 Å². The van der Waals surface area contributed by atoms with Crippen molar-refractivity contribution in [1.82, 2.24) is 0 Å². The number of hydrogen-bond acceptors (Lipinski definition) is 4. The van der Waals surface area contributed by atoms with E-state index in [0.717, 1.165) is 0 Å². The zero-order valence-corrected chi connectivity index (χ0v) is 14.6. The van der Waals surface area contributed by atoms with E-state index >= 15 is 0 Å². The summed E-state index contributed by atoms with van der Waals surface area (Å²) in [5.41, 5.74) is 1.22. The molecule has 1 aromatic heterocycles. The van der Waals surface area contributed by atoms with Crippen molar-refractivity contribution in [3.63, 3.8) is 0 Å². The maximum Gasteiger partial charge on any atom is 0.204 e. The number of fused-ring (bicyclic) bond motifs is 1. The lowest BCUT2D eigenvalue weighted by Gasteiger charge is -2.10. The second-order valence-electron chi connectivity index (χ2n) is 6.06. The van der Waals surface area contributed by atoms with Gasteiger partial charge >= 0.3 is 0 Å². The molecular formula is C23H16O4. The van der Waals surface area contributed by atoms with Crippen molar-refractivity contribution < 1.29 is 13.9 Å². The molecule has 0 aliphatic heterocycles. The smallest absolute Gasteiger partial charge is 0.204 e. The van der Waals surface area contributed by atoms with Crippen molar-refractivity contribution in [3.05, 3.63) is 100 Å². The van der Waals surface area contributed by atoms with Gasteiger partial charge in [0.05, 0.1) is 12.5 Å². The molecule has 0 bridgehead atoms. The average Bonchev–Trinajstić information content (AvgIpc) is 2.74. The average molecular weight is 356 g/mol. The Balaban J connectivity index is 2.01. The Morgan fingerprint density at radius 3 is 2.22 bits per heavy atom. The number of para-hydroxylation sites is 1. The summed E-state index contributed by atoms with van der Waals surface area (Å²) >= 11 is 0. The predicted molar refractivity (Wildman–Crippen MR) is 104 cm³/mol. The Kier molecular flexibility index (Phi) is 4.30. The molecule has 4 rings (SSSR count). The van der Waals surface area contributed by atoms with Gasteiger partial charge in [-0.3, -0.25) is 9.59 Å². The first-order valence-corrected chi connectivity index (χ1v) is 8.49. The molecule has 0 N–H and O–H groups in total. The zero-order valence-electron chi connectivity index (χ0n) is 14.6. The lowest BCUT2D eigenvalue weighted by molar-refractivity contribution is 0.103. The normalized spacial score (nSPS) is 10.7. The number of methoxy groups -OCH3 is 1. The minimum absolute atomic E-state index is 0.0325. The van der Waals surface area contributed by atoms with Crippen LogP contribution in [0.15, 0.2) is 88.1 Å². The van der Waals surface area contributed by atoms with Crippen molar-refractivity contribution >= 4 is 16.8 Å². The first-order chi connectivity index (χ1) is 13.2. The molecule has 132 valence electrons. The number of ketones is 1. The highest BCUT2D eigenvalue weighted by Gasteiger charge is 2.23. The lowest BCUT2D eigenvalue weighted by Crippen LogP contribution is -2.17. The van der Waals surface area contributed by atoms with Crippen LogP contribution < -0.4 is 10.2 Å². The summed E-state index contributed by atoms with van der Waals surface area (Å²) in [6, 6.07) is 22.7. The van der Waals surface area contributed by atoms with E-state index in [4.69, 9.17) is 9.15 Å². The van der Waals surface area contributed by atoms with Crippen molar-refractivity contribution in [2.45, 2.75) is 0 Å². The highest BCUT2D eigenvalue weighted by atomic mass is 16.5. The second kappa shape index (κ2) is 6.92. The predicted octanol–water partition coefficient (Wildman–Crippen LogP) is 4.70. The molecule has 0 atom stereocenters. The maximum atomic E-state index is 13.2. The molecule has 0 spiro atoms. The molecular weight excluding hydrogens is 340 g/mol. The monoisotopic (exact) mass is 356 g/mol. The molecule has 4 heteroatoms. The third-order valence-corrected chi connectivity index (χ3v) is 4.41. The van der Waals surface area contributed by atoms with Crippen molar-refractivity contribution in [1.29, 1.82) is 0 Å². The van der Waals surface area contributed by atoms with E-state index in [9.17, 15) is 9.59 Å². The van der Waals surface area contributed by atoms with Crippen LogP contribution in [0, 0.1) is 0 Å². The zero-order chi connectivity index (χ0) is 18.8. The fourth-order valence-corrected chi connectivity index (χ4v) is 3.03. The largest absolute Gasteiger partial charge is 0.497 e. The van der Waals surface area contributed by atoms with E-state index in [2.05, 4.69) is 0 Å². The van der Waals surface area contributed by atoms with E-state index in [1.165, 1.54) is 0 Å². The van der Waals surface area contributed by atoms with Crippen LogP contribution in [0.3, 0.4) is 0 Å². The minimum atomic E-state index is -0.360. The van der Waals surface area contributed by atoms with E-state index in [0.29, 0.717) is 27.8 Å². The van der Waals surface area contributed by atoms with E-state index < -0.39 is 0 Å². The number of hydrogen-bond donors (Lipinski definition) is 0. The molecule has 0 fully saturated rings. The summed E-state index contributed by atoms with van der Waals surface area (Å²) in [5.74, 6) is 0.578. The quantitative estimate of drug-likeness (QED) is 0.497. The molecule has 0 aliphatic carbocycles. The van der Waals surface area contributed by atoms with Crippen LogP contribution in [0.2, 0.25) is 0 Å². The number of ether oxygens (including phenoxy) is 1. The third kappa shape index (κ3) is 3.02. The number of rotatable bonds is 4. The molecule has 0 saturated heterocycles. The summed E-state index contributed by atoms with van der Waals surface area (Å²) in [7, 11) is 1.58. The van der Waals surface area contributed by atoms with Crippen LogP contribution in [0.5, 0.6) is 5.75 Å². The van der Waals surface area contributed by atoms with Gasteiger partial charge in [-0.15, -0.1) is 0 Å². The van der Waals surface area contributed by atoms with Crippen molar-refractivity contribution in [2.24, 2.45) is 0 Å². The van der Waals surface area contributed by atoms with Gasteiger partial charge in [-0.2, -0.15) is 0 Å². The van der Waals surface area contributed by atoms with Gasteiger partial charge in [-0.05, 0) is 36.4 Å². The molecule has 4 aromatic rings. The Hall–Kier alpha value is -3.66. The summed E-state index contributed by atoms with van der Waals surface area (Å²) in [4.78, 5) is 26.3. The van der Waals surface area contributed by atoms with Gasteiger partial charge in [-0.25, -0.2) is 0 Å². The summed E-state index contributed by atoms with van der Waals surface area (Å²) in [6.07, 6.45) is 0. The Bertz CT molecular complexity index is 1170. The summed E-state index contributed by atoms with van der Waals surface area (Å²) in [5, 5.41) is 0.383. The molecule has 1 heterocycles.